The van der Waals surface area contributed by atoms with Gasteiger partial charge in [-0.05, 0) is 12.8 Å². The Morgan fingerprint density at radius 3 is 1.75 bits per heavy atom. The van der Waals surface area contributed by atoms with E-state index >= 15 is 0 Å². The maximum Gasteiger partial charge on any atom is 0.00213 e. The van der Waals surface area contributed by atoms with Crippen molar-refractivity contribution in [1.82, 2.24) is 0 Å². The fraction of sp³-hybridized carbons (Fsp3) is 0.909. The van der Waals surface area contributed by atoms with Crippen molar-refractivity contribution in [1.29, 1.82) is 5.41 Å². The number of hydrogen-bond acceptors (Lipinski definition) is 1. The van der Waals surface area contributed by atoms with Gasteiger partial charge in [-0.2, -0.15) is 0 Å². The molecule has 1 nitrogen and oxygen atoms in total. The van der Waals surface area contributed by atoms with Gasteiger partial charge in [0.1, 0.15) is 0 Å². The number of rotatable bonds is 7. The summed E-state index contributed by atoms with van der Waals surface area (Å²) in [6, 6.07) is 0. The fourth-order valence-corrected chi connectivity index (χ4v) is 1.43. The summed E-state index contributed by atoms with van der Waals surface area (Å²) in [7, 11) is 0. The molecule has 12 heavy (non-hydrogen) atoms. The first kappa shape index (κ1) is 11.7. The minimum atomic E-state index is 0.187. The summed E-state index contributed by atoms with van der Waals surface area (Å²) < 4.78 is 0. The molecule has 0 aromatic heterocycles. The van der Waals surface area contributed by atoms with E-state index in [9.17, 15) is 0 Å². The highest BCUT2D eigenvalue weighted by atomic mass is 14.4. The van der Waals surface area contributed by atoms with E-state index in [0.717, 1.165) is 0 Å². The molecule has 0 saturated carbocycles. The van der Waals surface area contributed by atoms with Crippen molar-refractivity contribution in [2.75, 3.05) is 0 Å². The molecule has 0 amide bonds. The Morgan fingerprint density at radius 1 is 1.08 bits per heavy atom. The molecule has 0 heterocycles. The summed E-state index contributed by atoms with van der Waals surface area (Å²) in [6.07, 6.45) is 9.04. The molecule has 0 unspecified atom stereocenters. The van der Waals surface area contributed by atoms with Gasteiger partial charge in [0.2, 0.25) is 0 Å². The Bertz CT molecular complexity index is 110. The largest absolute Gasteiger partial charge is 0.313 e. The van der Waals surface area contributed by atoms with Gasteiger partial charge in [0.15, 0.2) is 0 Å². The van der Waals surface area contributed by atoms with Crippen LogP contribution >= 0.6 is 0 Å². The topological polar surface area (TPSA) is 23.9 Å². The summed E-state index contributed by atoms with van der Waals surface area (Å²) in [5, 5.41) is 7.39. The van der Waals surface area contributed by atoms with E-state index in [1.807, 2.05) is 0 Å². The van der Waals surface area contributed by atoms with Crippen LogP contribution in [0.15, 0.2) is 0 Å². The summed E-state index contributed by atoms with van der Waals surface area (Å²) in [6.45, 7) is 6.64. The van der Waals surface area contributed by atoms with Crippen LogP contribution in [-0.4, -0.2) is 6.21 Å². The van der Waals surface area contributed by atoms with E-state index in [4.69, 9.17) is 5.41 Å². The third-order valence-corrected chi connectivity index (χ3v) is 2.55. The van der Waals surface area contributed by atoms with E-state index in [1.54, 1.807) is 6.21 Å². The predicted octanol–water partition coefficient (Wildman–Crippen LogP) is 4.02. The average molecular weight is 169 g/mol. The molecule has 0 aromatic rings. The molecule has 0 aliphatic rings. The van der Waals surface area contributed by atoms with Crippen LogP contribution in [0.4, 0.5) is 0 Å². The lowest BCUT2D eigenvalue weighted by Gasteiger charge is -2.24. The highest BCUT2D eigenvalue weighted by Crippen LogP contribution is 2.27. The van der Waals surface area contributed by atoms with Crippen LogP contribution in [0.3, 0.4) is 0 Å². The lowest BCUT2D eigenvalue weighted by Crippen LogP contribution is -2.17. The first-order chi connectivity index (χ1) is 5.68. The number of unbranched alkanes of at least 4 members (excludes halogenated alkanes) is 2. The molecule has 0 saturated heterocycles. The zero-order valence-corrected chi connectivity index (χ0v) is 8.82. The second-order valence-electron chi connectivity index (χ2n) is 4.01. The van der Waals surface area contributed by atoms with Gasteiger partial charge in [-0.3, -0.25) is 0 Å². The van der Waals surface area contributed by atoms with E-state index in [2.05, 4.69) is 20.8 Å². The first-order valence-corrected chi connectivity index (χ1v) is 5.20. The van der Waals surface area contributed by atoms with E-state index in [1.165, 1.54) is 38.5 Å². The van der Waals surface area contributed by atoms with Crippen molar-refractivity contribution < 1.29 is 0 Å². The molecule has 0 spiro atoms. The van der Waals surface area contributed by atoms with Crippen LogP contribution in [0.25, 0.3) is 0 Å². The van der Waals surface area contributed by atoms with Crippen LogP contribution in [-0.2, 0) is 0 Å². The third-order valence-electron chi connectivity index (χ3n) is 2.55. The van der Waals surface area contributed by atoms with Crippen molar-refractivity contribution in [2.45, 2.75) is 59.3 Å². The van der Waals surface area contributed by atoms with Gasteiger partial charge in [-0.25, -0.2) is 0 Å². The van der Waals surface area contributed by atoms with Gasteiger partial charge in [0.05, 0.1) is 0 Å². The molecule has 72 valence electrons. The standard InChI is InChI=1S/C11H23N/c1-4-6-8-11(3,10-12)9-7-5-2/h10,12H,4-9H2,1-3H3. The summed E-state index contributed by atoms with van der Waals surface area (Å²) in [5.74, 6) is 0. The highest BCUT2D eigenvalue weighted by Gasteiger charge is 2.19. The van der Waals surface area contributed by atoms with Crippen LogP contribution in [0.2, 0.25) is 0 Å². The van der Waals surface area contributed by atoms with Gasteiger partial charge in [-0.1, -0.05) is 46.5 Å². The van der Waals surface area contributed by atoms with Crippen molar-refractivity contribution in [2.24, 2.45) is 5.41 Å². The number of hydrogen-bond donors (Lipinski definition) is 1. The van der Waals surface area contributed by atoms with Gasteiger partial charge in [0, 0.05) is 11.6 Å². The molecule has 0 aromatic carbocycles. The Balaban J connectivity index is 3.78. The van der Waals surface area contributed by atoms with E-state index < -0.39 is 0 Å². The monoisotopic (exact) mass is 169 g/mol. The van der Waals surface area contributed by atoms with Gasteiger partial charge in [0.25, 0.3) is 0 Å². The fourth-order valence-electron chi connectivity index (χ4n) is 1.43. The molecular formula is C11H23N. The quantitative estimate of drug-likeness (QED) is 0.556. The average Bonchev–Trinajstić information content (AvgIpc) is 2.11. The third kappa shape index (κ3) is 4.53. The summed E-state index contributed by atoms with van der Waals surface area (Å²) in [5.41, 5.74) is 0.187. The minimum absolute atomic E-state index is 0.187. The van der Waals surface area contributed by atoms with Gasteiger partial charge in [-0.15, -0.1) is 0 Å². The maximum absolute atomic E-state index is 7.39. The zero-order valence-electron chi connectivity index (χ0n) is 8.82. The highest BCUT2D eigenvalue weighted by molar-refractivity contribution is 5.61. The van der Waals surface area contributed by atoms with Crippen molar-refractivity contribution in [3.05, 3.63) is 0 Å². The number of nitrogens with one attached hydrogen (secondary N) is 1. The molecule has 0 atom stereocenters. The lowest BCUT2D eigenvalue weighted by atomic mass is 9.81. The van der Waals surface area contributed by atoms with Crippen molar-refractivity contribution in [3.63, 3.8) is 0 Å². The van der Waals surface area contributed by atoms with E-state index in [-0.39, 0.29) is 5.41 Å². The van der Waals surface area contributed by atoms with E-state index in [0.29, 0.717) is 0 Å². The maximum atomic E-state index is 7.39. The SMILES string of the molecule is CCCCC(C)(C=N)CCCC. The van der Waals surface area contributed by atoms with Gasteiger partial charge >= 0.3 is 0 Å². The van der Waals surface area contributed by atoms with Crippen molar-refractivity contribution >= 4 is 6.21 Å². The van der Waals surface area contributed by atoms with Crippen LogP contribution in [0, 0.1) is 10.8 Å². The van der Waals surface area contributed by atoms with Crippen molar-refractivity contribution in [3.8, 4) is 0 Å². The Hall–Kier alpha value is -0.330. The molecular weight excluding hydrogens is 146 g/mol. The smallest absolute Gasteiger partial charge is 0.00213 e. The molecule has 0 aliphatic carbocycles. The summed E-state index contributed by atoms with van der Waals surface area (Å²) in [4.78, 5) is 0. The molecule has 0 rings (SSSR count). The van der Waals surface area contributed by atoms with Crippen LogP contribution < -0.4 is 0 Å². The zero-order chi connectivity index (χ0) is 9.45. The molecule has 1 N–H and O–H groups in total. The molecule has 0 aliphatic heterocycles. The summed E-state index contributed by atoms with van der Waals surface area (Å²) >= 11 is 0. The Labute approximate surface area is 77.1 Å². The Morgan fingerprint density at radius 2 is 1.50 bits per heavy atom. The Kier molecular flexibility index (Phi) is 6.04. The van der Waals surface area contributed by atoms with Crippen LogP contribution in [0.5, 0.6) is 0 Å². The lowest BCUT2D eigenvalue weighted by molar-refractivity contribution is 0.375. The molecule has 0 radical (unpaired) electrons. The second-order valence-corrected chi connectivity index (χ2v) is 4.01. The second kappa shape index (κ2) is 6.22. The first-order valence-electron chi connectivity index (χ1n) is 5.20. The van der Waals surface area contributed by atoms with Gasteiger partial charge < -0.3 is 5.41 Å². The molecule has 0 bridgehead atoms. The minimum Gasteiger partial charge on any atom is -0.313 e. The van der Waals surface area contributed by atoms with Crippen LogP contribution in [0.1, 0.15) is 59.3 Å². The normalized spacial score (nSPS) is 11.6. The molecule has 1 heteroatoms. The predicted molar refractivity (Wildman–Crippen MR) is 55.9 cm³/mol. The molecule has 0 fully saturated rings.